The van der Waals surface area contributed by atoms with Crippen molar-refractivity contribution in [3.05, 3.63) is 77.3 Å². The van der Waals surface area contributed by atoms with Crippen LogP contribution < -0.4 is 5.32 Å². The second-order valence-corrected chi connectivity index (χ2v) is 9.01. The van der Waals surface area contributed by atoms with Gasteiger partial charge in [0.15, 0.2) is 0 Å². The molecule has 0 aromatic heterocycles. The third-order valence-electron chi connectivity index (χ3n) is 6.80. The number of amides is 3. The minimum atomic E-state index is -0.626. The van der Waals surface area contributed by atoms with Gasteiger partial charge in [-0.1, -0.05) is 54.1 Å². The molecule has 4 aliphatic rings. The Morgan fingerprint density at radius 3 is 2.06 bits per heavy atom. The van der Waals surface area contributed by atoms with Gasteiger partial charge in [0.25, 0.3) is 0 Å². The molecule has 1 saturated heterocycles. The molecule has 3 aliphatic carbocycles. The minimum Gasteiger partial charge on any atom is -0.326 e. The topological polar surface area (TPSA) is 66.5 Å². The number of rotatable bonds is 5. The molecule has 0 spiro atoms. The lowest BCUT2D eigenvalue weighted by molar-refractivity contribution is -0.143. The molecule has 31 heavy (non-hydrogen) atoms. The third kappa shape index (κ3) is 3.57. The van der Waals surface area contributed by atoms with Crippen LogP contribution in [0.5, 0.6) is 0 Å². The Labute approximate surface area is 186 Å². The summed E-state index contributed by atoms with van der Waals surface area (Å²) < 4.78 is 0. The van der Waals surface area contributed by atoms with Gasteiger partial charge < -0.3 is 5.32 Å². The fourth-order valence-corrected chi connectivity index (χ4v) is 5.48. The largest absolute Gasteiger partial charge is 0.326 e. The highest BCUT2D eigenvalue weighted by Gasteiger charge is 2.58. The van der Waals surface area contributed by atoms with Crippen LogP contribution in [0.15, 0.2) is 66.7 Å². The van der Waals surface area contributed by atoms with Crippen LogP contribution in [0.25, 0.3) is 0 Å². The average molecular weight is 435 g/mol. The van der Waals surface area contributed by atoms with E-state index < -0.39 is 6.04 Å². The second kappa shape index (κ2) is 7.97. The van der Waals surface area contributed by atoms with Crippen LogP contribution in [-0.2, 0) is 14.4 Å². The van der Waals surface area contributed by atoms with Crippen LogP contribution in [0, 0.1) is 23.7 Å². The predicted octanol–water partition coefficient (Wildman–Crippen LogP) is 4.61. The highest BCUT2D eigenvalue weighted by Crippen LogP contribution is 2.51. The molecule has 2 bridgehead atoms. The highest BCUT2D eigenvalue weighted by atomic mass is 35.5. The molecule has 3 amide bonds. The Bertz CT molecular complexity index is 1020. The summed E-state index contributed by atoms with van der Waals surface area (Å²) in [6, 6.07) is 15.6. The number of likely N-dealkylation sites (tertiary alicyclic amines) is 1. The maximum absolute atomic E-state index is 13.5. The van der Waals surface area contributed by atoms with Crippen LogP contribution in [0.3, 0.4) is 0 Å². The average Bonchev–Trinajstić information content (AvgIpc) is 3.07. The van der Waals surface area contributed by atoms with Crippen molar-refractivity contribution >= 4 is 35.0 Å². The molecule has 0 unspecified atom stereocenters. The smallest absolute Gasteiger partial charge is 0.234 e. The zero-order chi connectivity index (χ0) is 21.5. The van der Waals surface area contributed by atoms with Gasteiger partial charge in [-0.25, -0.2) is 0 Å². The van der Waals surface area contributed by atoms with Crippen molar-refractivity contribution in [3.8, 4) is 0 Å². The Hall–Kier alpha value is -2.92. The normalized spacial score (nSPS) is 27.3. The first-order valence-electron chi connectivity index (χ1n) is 10.7. The summed E-state index contributed by atoms with van der Waals surface area (Å²) in [5.41, 5.74) is 1.41. The van der Waals surface area contributed by atoms with Gasteiger partial charge in [0.05, 0.1) is 24.3 Å². The molecular weight excluding hydrogens is 412 g/mol. The zero-order valence-electron chi connectivity index (χ0n) is 16.9. The Morgan fingerprint density at radius 1 is 0.935 bits per heavy atom. The van der Waals surface area contributed by atoms with Gasteiger partial charge in [-0.05, 0) is 54.5 Å². The SMILES string of the molecule is O=C(C[C@H](c1ccccc1)N1C(=O)[C@@H]2[C@@H](C1=O)[C@H]1C=C[C@H]2CC1)Nc1ccc(Cl)cc1. The third-order valence-corrected chi connectivity index (χ3v) is 7.05. The summed E-state index contributed by atoms with van der Waals surface area (Å²) in [4.78, 5) is 41.2. The standard InChI is InChI=1S/C25H23ClN2O3/c26-18-10-12-19(13-11-18)27-21(29)14-20(15-4-2-1-3-5-15)28-24(30)22-16-6-7-17(9-8-16)23(22)25(28)31/h1-7,10-13,16-17,20,22-23H,8-9,14H2,(H,27,29)/t16-,17-,20+,22-,23-/m0/s1. The van der Waals surface area contributed by atoms with Gasteiger partial charge in [0.2, 0.25) is 17.7 Å². The molecule has 2 aromatic rings. The lowest BCUT2D eigenvalue weighted by Crippen LogP contribution is -2.38. The summed E-state index contributed by atoms with van der Waals surface area (Å²) in [6.07, 6.45) is 6.11. The van der Waals surface area contributed by atoms with Gasteiger partial charge >= 0.3 is 0 Å². The number of imide groups is 1. The van der Waals surface area contributed by atoms with Crippen LogP contribution in [0.2, 0.25) is 5.02 Å². The van der Waals surface area contributed by atoms with E-state index in [9.17, 15) is 14.4 Å². The van der Waals surface area contributed by atoms with Crippen LogP contribution in [-0.4, -0.2) is 22.6 Å². The van der Waals surface area contributed by atoms with Crippen molar-refractivity contribution in [2.24, 2.45) is 23.7 Å². The summed E-state index contributed by atoms with van der Waals surface area (Å²) >= 11 is 5.92. The first kappa shape index (κ1) is 20.0. The number of carbonyl (C=O) groups is 3. The number of carbonyl (C=O) groups excluding carboxylic acids is 3. The van der Waals surface area contributed by atoms with Gasteiger partial charge in [0, 0.05) is 10.7 Å². The van der Waals surface area contributed by atoms with Crippen molar-refractivity contribution in [1.82, 2.24) is 4.90 Å². The number of hydrogen-bond donors (Lipinski definition) is 1. The summed E-state index contributed by atoms with van der Waals surface area (Å²) in [7, 11) is 0. The summed E-state index contributed by atoms with van der Waals surface area (Å²) in [5, 5.41) is 3.44. The maximum atomic E-state index is 13.5. The number of nitrogens with one attached hydrogen (secondary N) is 1. The number of benzene rings is 2. The molecule has 1 aliphatic heterocycles. The molecule has 6 rings (SSSR count). The lowest BCUT2D eigenvalue weighted by atomic mass is 9.63. The number of fused-ring (bicyclic) bond motifs is 1. The molecule has 6 heteroatoms. The van der Waals surface area contributed by atoms with Crippen molar-refractivity contribution in [2.75, 3.05) is 5.32 Å². The van der Waals surface area contributed by atoms with Crippen LogP contribution in [0.1, 0.15) is 30.9 Å². The Kier molecular flexibility index (Phi) is 5.14. The Morgan fingerprint density at radius 2 is 1.52 bits per heavy atom. The van der Waals surface area contributed by atoms with E-state index in [1.807, 2.05) is 30.3 Å². The molecule has 158 valence electrons. The van der Waals surface area contributed by atoms with Crippen LogP contribution in [0.4, 0.5) is 5.69 Å². The number of nitrogens with zero attached hydrogens (tertiary/aromatic N) is 1. The van der Waals surface area contributed by atoms with Crippen LogP contribution >= 0.6 is 11.6 Å². The first-order chi connectivity index (χ1) is 15.0. The van der Waals surface area contributed by atoms with E-state index in [-0.39, 0.29) is 47.8 Å². The fraction of sp³-hybridized carbons (Fsp3) is 0.320. The quantitative estimate of drug-likeness (QED) is 0.552. The minimum absolute atomic E-state index is 0.00627. The van der Waals surface area contributed by atoms with E-state index in [0.29, 0.717) is 10.7 Å². The van der Waals surface area contributed by atoms with E-state index in [4.69, 9.17) is 11.6 Å². The van der Waals surface area contributed by atoms with Gasteiger partial charge in [-0.3, -0.25) is 19.3 Å². The molecule has 0 radical (unpaired) electrons. The van der Waals surface area contributed by atoms with Crippen molar-refractivity contribution < 1.29 is 14.4 Å². The number of allylic oxidation sites excluding steroid dienone is 2. The van der Waals surface area contributed by atoms with Crippen molar-refractivity contribution in [2.45, 2.75) is 25.3 Å². The zero-order valence-corrected chi connectivity index (χ0v) is 17.7. The maximum Gasteiger partial charge on any atom is 0.234 e. The first-order valence-corrected chi connectivity index (χ1v) is 11.1. The molecule has 1 N–H and O–H groups in total. The van der Waals surface area contributed by atoms with E-state index in [0.717, 1.165) is 18.4 Å². The highest BCUT2D eigenvalue weighted by molar-refractivity contribution is 6.30. The molecular formula is C25H23ClN2O3. The monoisotopic (exact) mass is 434 g/mol. The number of hydrogen-bond acceptors (Lipinski definition) is 3. The Balaban J connectivity index is 1.43. The van der Waals surface area contributed by atoms with Crippen molar-refractivity contribution in [1.29, 1.82) is 0 Å². The molecule has 2 aromatic carbocycles. The molecule has 1 saturated carbocycles. The number of halogens is 1. The molecule has 5 atom stereocenters. The predicted molar refractivity (Wildman–Crippen MR) is 118 cm³/mol. The van der Waals surface area contributed by atoms with Crippen molar-refractivity contribution in [3.63, 3.8) is 0 Å². The molecule has 2 fully saturated rings. The lowest BCUT2D eigenvalue weighted by Gasteiger charge is -2.38. The van der Waals surface area contributed by atoms with Gasteiger partial charge in [-0.2, -0.15) is 0 Å². The van der Waals surface area contributed by atoms with Gasteiger partial charge in [-0.15, -0.1) is 0 Å². The van der Waals surface area contributed by atoms with Gasteiger partial charge in [0.1, 0.15) is 0 Å². The number of anilines is 1. The summed E-state index contributed by atoms with van der Waals surface area (Å²) in [5.74, 6) is -0.868. The van der Waals surface area contributed by atoms with E-state index >= 15 is 0 Å². The van der Waals surface area contributed by atoms with E-state index in [1.54, 1.807) is 24.3 Å². The van der Waals surface area contributed by atoms with E-state index in [2.05, 4.69) is 17.5 Å². The summed E-state index contributed by atoms with van der Waals surface area (Å²) in [6.45, 7) is 0. The molecule has 1 heterocycles. The second-order valence-electron chi connectivity index (χ2n) is 8.57. The molecule has 5 nitrogen and oxygen atoms in total. The van der Waals surface area contributed by atoms with E-state index in [1.165, 1.54) is 4.90 Å². The fourth-order valence-electron chi connectivity index (χ4n) is 5.36.